The SMILES string of the molecule is C/C=c1/oc(C)c/c1=C/CCl.CC. The second-order valence-corrected chi connectivity index (χ2v) is 2.63. The highest BCUT2D eigenvalue weighted by atomic mass is 35.5. The Morgan fingerprint density at radius 2 is 2.08 bits per heavy atom. The first kappa shape index (κ1) is 12.3. The van der Waals surface area contributed by atoms with E-state index in [0.717, 1.165) is 16.4 Å². The minimum absolute atomic E-state index is 0.528. The lowest BCUT2D eigenvalue weighted by molar-refractivity contribution is 0.501. The van der Waals surface area contributed by atoms with Crippen molar-refractivity contribution in [1.29, 1.82) is 0 Å². The first-order chi connectivity index (χ1) is 6.27. The molecule has 0 amide bonds. The summed E-state index contributed by atoms with van der Waals surface area (Å²) in [6, 6.07) is 1.98. The third-order valence-electron chi connectivity index (χ3n) is 1.47. The summed E-state index contributed by atoms with van der Waals surface area (Å²) >= 11 is 5.56. The Bertz CT molecular complexity index is 335. The van der Waals surface area contributed by atoms with Crippen molar-refractivity contribution < 1.29 is 4.42 Å². The van der Waals surface area contributed by atoms with Crippen LogP contribution in [0.1, 0.15) is 26.5 Å². The van der Waals surface area contributed by atoms with Crippen molar-refractivity contribution in [1.82, 2.24) is 0 Å². The van der Waals surface area contributed by atoms with Gasteiger partial charge in [-0.15, -0.1) is 11.6 Å². The predicted molar refractivity (Wildman–Crippen MR) is 59.4 cm³/mol. The lowest BCUT2D eigenvalue weighted by atomic mass is 10.3. The van der Waals surface area contributed by atoms with E-state index in [1.54, 1.807) is 0 Å². The number of alkyl halides is 1. The summed E-state index contributed by atoms with van der Waals surface area (Å²) in [6.45, 7) is 7.88. The maximum atomic E-state index is 5.56. The average Bonchev–Trinajstić information content (AvgIpc) is 2.50. The van der Waals surface area contributed by atoms with Crippen LogP contribution in [0.5, 0.6) is 0 Å². The fourth-order valence-electron chi connectivity index (χ4n) is 1.02. The average molecular weight is 201 g/mol. The molecular formula is C11H17ClO. The summed E-state index contributed by atoms with van der Waals surface area (Å²) in [6.07, 6.45) is 3.87. The summed E-state index contributed by atoms with van der Waals surface area (Å²) in [4.78, 5) is 0. The lowest BCUT2D eigenvalue weighted by Gasteiger charge is -1.75. The van der Waals surface area contributed by atoms with Gasteiger partial charge in [-0.05, 0) is 26.0 Å². The van der Waals surface area contributed by atoms with Gasteiger partial charge in [0, 0.05) is 11.1 Å². The number of aryl methyl sites for hydroxylation is 1. The van der Waals surface area contributed by atoms with Gasteiger partial charge in [-0.1, -0.05) is 19.9 Å². The molecule has 0 atom stereocenters. The highest BCUT2D eigenvalue weighted by Crippen LogP contribution is 1.85. The van der Waals surface area contributed by atoms with E-state index in [1.807, 2.05) is 45.9 Å². The van der Waals surface area contributed by atoms with Crippen LogP contribution in [-0.4, -0.2) is 5.88 Å². The number of rotatable bonds is 1. The van der Waals surface area contributed by atoms with E-state index in [4.69, 9.17) is 16.0 Å². The van der Waals surface area contributed by atoms with Crippen molar-refractivity contribution in [3.63, 3.8) is 0 Å². The monoisotopic (exact) mass is 200 g/mol. The van der Waals surface area contributed by atoms with Gasteiger partial charge in [-0.25, -0.2) is 0 Å². The molecule has 0 aliphatic carbocycles. The predicted octanol–water partition coefficient (Wildman–Crippen LogP) is 2.43. The Morgan fingerprint density at radius 1 is 1.46 bits per heavy atom. The second-order valence-electron chi connectivity index (χ2n) is 2.32. The van der Waals surface area contributed by atoms with Crippen LogP contribution in [0.3, 0.4) is 0 Å². The molecule has 0 bridgehead atoms. The van der Waals surface area contributed by atoms with Gasteiger partial charge in [0.1, 0.15) is 11.2 Å². The molecule has 1 nitrogen and oxygen atoms in total. The summed E-state index contributed by atoms with van der Waals surface area (Å²) in [7, 11) is 0. The minimum atomic E-state index is 0.528. The van der Waals surface area contributed by atoms with E-state index in [-0.39, 0.29) is 0 Å². The van der Waals surface area contributed by atoms with Crippen LogP contribution in [0.2, 0.25) is 0 Å². The maximum absolute atomic E-state index is 5.56. The summed E-state index contributed by atoms with van der Waals surface area (Å²) in [5.74, 6) is 1.45. The molecule has 0 aromatic carbocycles. The second kappa shape index (κ2) is 6.79. The fourth-order valence-corrected chi connectivity index (χ4v) is 1.19. The number of hydrogen-bond acceptors (Lipinski definition) is 1. The maximum Gasteiger partial charge on any atom is 0.129 e. The van der Waals surface area contributed by atoms with Crippen molar-refractivity contribution >= 4 is 23.8 Å². The summed E-state index contributed by atoms with van der Waals surface area (Å²) in [5, 5.41) is 1.08. The molecule has 0 saturated heterocycles. The fraction of sp³-hybridized carbons (Fsp3) is 0.455. The zero-order valence-electron chi connectivity index (χ0n) is 8.73. The molecule has 0 aliphatic rings. The standard InChI is InChI=1S/C9H11ClO.C2H6/c1-3-9-8(4-5-10)6-7(2)11-9;1-2/h3-4,6H,5H2,1-2H3;1-2H3/b8-4-,9-3+;. The Morgan fingerprint density at radius 3 is 2.54 bits per heavy atom. The van der Waals surface area contributed by atoms with E-state index >= 15 is 0 Å². The minimum Gasteiger partial charge on any atom is -0.462 e. The van der Waals surface area contributed by atoms with Gasteiger partial charge in [0.2, 0.25) is 0 Å². The number of furan rings is 1. The Hall–Kier alpha value is -0.690. The molecular weight excluding hydrogens is 184 g/mol. The molecule has 0 N–H and O–H groups in total. The van der Waals surface area contributed by atoms with Gasteiger partial charge in [0.25, 0.3) is 0 Å². The van der Waals surface area contributed by atoms with Crippen LogP contribution in [0.25, 0.3) is 12.2 Å². The van der Waals surface area contributed by atoms with Crippen molar-refractivity contribution in [3.8, 4) is 0 Å². The normalized spacial score (nSPS) is 12.7. The van der Waals surface area contributed by atoms with Crippen LogP contribution < -0.4 is 10.6 Å². The van der Waals surface area contributed by atoms with E-state index in [2.05, 4.69) is 0 Å². The van der Waals surface area contributed by atoms with Gasteiger partial charge < -0.3 is 4.42 Å². The molecule has 13 heavy (non-hydrogen) atoms. The van der Waals surface area contributed by atoms with E-state index < -0.39 is 0 Å². The summed E-state index contributed by atoms with van der Waals surface area (Å²) in [5.41, 5.74) is 0.906. The topological polar surface area (TPSA) is 13.1 Å². The highest BCUT2D eigenvalue weighted by molar-refractivity contribution is 6.20. The number of hydrogen-bond donors (Lipinski definition) is 0. The van der Waals surface area contributed by atoms with Gasteiger partial charge in [0.05, 0.1) is 0 Å². The van der Waals surface area contributed by atoms with Gasteiger partial charge in [0.15, 0.2) is 0 Å². The quantitative estimate of drug-likeness (QED) is 0.635. The number of halogens is 1. The van der Waals surface area contributed by atoms with Gasteiger partial charge in [-0.2, -0.15) is 0 Å². The van der Waals surface area contributed by atoms with Crippen molar-refractivity contribution in [2.24, 2.45) is 0 Å². The molecule has 0 aliphatic heterocycles. The largest absolute Gasteiger partial charge is 0.462 e. The van der Waals surface area contributed by atoms with Crippen LogP contribution in [0.4, 0.5) is 0 Å². The Balaban J connectivity index is 0.000000671. The van der Waals surface area contributed by atoms with Crippen molar-refractivity contribution in [2.45, 2.75) is 27.7 Å². The highest BCUT2D eigenvalue weighted by Gasteiger charge is 1.90. The third kappa shape index (κ3) is 3.69. The molecule has 1 aromatic rings. The molecule has 0 unspecified atom stereocenters. The van der Waals surface area contributed by atoms with Crippen LogP contribution >= 0.6 is 11.6 Å². The Labute approximate surface area is 84.7 Å². The first-order valence-electron chi connectivity index (χ1n) is 4.57. The molecule has 1 aromatic heterocycles. The van der Waals surface area contributed by atoms with Gasteiger partial charge >= 0.3 is 0 Å². The molecule has 0 saturated carbocycles. The molecule has 1 rings (SSSR count). The lowest BCUT2D eigenvalue weighted by Crippen LogP contribution is -2.18. The van der Waals surface area contributed by atoms with Crippen molar-refractivity contribution in [2.75, 3.05) is 5.88 Å². The third-order valence-corrected chi connectivity index (χ3v) is 1.63. The molecule has 2 heteroatoms. The van der Waals surface area contributed by atoms with Crippen LogP contribution in [0, 0.1) is 6.92 Å². The molecule has 0 fully saturated rings. The van der Waals surface area contributed by atoms with Gasteiger partial charge in [-0.3, -0.25) is 0 Å². The zero-order chi connectivity index (χ0) is 10.3. The Kier molecular flexibility index (Phi) is 6.43. The van der Waals surface area contributed by atoms with Crippen molar-refractivity contribution in [3.05, 3.63) is 22.5 Å². The molecule has 0 radical (unpaired) electrons. The van der Waals surface area contributed by atoms with E-state index in [9.17, 15) is 0 Å². The van der Waals surface area contributed by atoms with Crippen LogP contribution in [0.15, 0.2) is 10.5 Å². The van der Waals surface area contributed by atoms with E-state index in [1.165, 1.54) is 0 Å². The molecule has 1 heterocycles. The summed E-state index contributed by atoms with van der Waals surface area (Å²) < 4.78 is 5.37. The first-order valence-corrected chi connectivity index (χ1v) is 5.10. The van der Waals surface area contributed by atoms with Crippen LogP contribution in [-0.2, 0) is 0 Å². The molecule has 0 spiro atoms. The van der Waals surface area contributed by atoms with E-state index in [0.29, 0.717) is 5.88 Å². The zero-order valence-corrected chi connectivity index (χ0v) is 9.48. The smallest absolute Gasteiger partial charge is 0.129 e. The molecule has 74 valence electrons.